The molecule has 0 bridgehead atoms. The van der Waals surface area contributed by atoms with Gasteiger partial charge in [-0.25, -0.2) is 4.98 Å². The molecule has 0 fully saturated rings. The molecular formula is C19H15F3N4O. The van der Waals surface area contributed by atoms with Gasteiger partial charge in [-0.15, -0.1) is 0 Å². The number of nitrogens with one attached hydrogen (secondary N) is 2. The Labute approximate surface area is 153 Å². The van der Waals surface area contributed by atoms with Crippen molar-refractivity contribution in [2.24, 2.45) is 0 Å². The predicted molar refractivity (Wildman–Crippen MR) is 95.2 cm³/mol. The molecule has 1 amide bonds. The predicted octanol–water partition coefficient (Wildman–Crippen LogP) is 4.36. The first-order chi connectivity index (χ1) is 12.9. The summed E-state index contributed by atoms with van der Waals surface area (Å²) in [5.41, 5.74) is 0.512. The van der Waals surface area contributed by atoms with E-state index in [2.05, 4.69) is 20.6 Å². The van der Waals surface area contributed by atoms with Crippen LogP contribution in [0.2, 0.25) is 0 Å². The average Bonchev–Trinajstić information content (AvgIpc) is 2.67. The fourth-order valence-electron chi connectivity index (χ4n) is 2.34. The van der Waals surface area contributed by atoms with Crippen LogP contribution in [0.15, 0.2) is 67.1 Å². The van der Waals surface area contributed by atoms with E-state index >= 15 is 0 Å². The number of anilines is 2. The maximum Gasteiger partial charge on any atom is 0.416 e. The lowest BCUT2D eigenvalue weighted by Gasteiger charge is -2.11. The Morgan fingerprint density at radius 2 is 1.78 bits per heavy atom. The lowest BCUT2D eigenvalue weighted by molar-refractivity contribution is -0.137. The van der Waals surface area contributed by atoms with Gasteiger partial charge in [0.25, 0.3) is 5.91 Å². The molecule has 0 atom stereocenters. The van der Waals surface area contributed by atoms with Crippen molar-refractivity contribution in [3.05, 3.63) is 83.8 Å². The first-order valence-corrected chi connectivity index (χ1v) is 7.99. The third kappa shape index (κ3) is 5.04. The summed E-state index contributed by atoms with van der Waals surface area (Å²) in [6.45, 7) is 0.494. The van der Waals surface area contributed by atoms with Crippen LogP contribution in [0, 0.1) is 0 Å². The van der Waals surface area contributed by atoms with Crippen molar-refractivity contribution < 1.29 is 18.0 Å². The fourth-order valence-corrected chi connectivity index (χ4v) is 2.34. The van der Waals surface area contributed by atoms with Gasteiger partial charge in [0.2, 0.25) is 0 Å². The summed E-state index contributed by atoms with van der Waals surface area (Å²) in [6, 6.07) is 11.2. The van der Waals surface area contributed by atoms with Crippen LogP contribution in [0.25, 0.3) is 0 Å². The van der Waals surface area contributed by atoms with Crippen molar-refractivity contribution in [3.8, 4) is 0 Å². The Kier molecular flexibility index (Phi) is 5.35. The number of nitrogens with zero attached hydrogens (tertiary/aromatic N) is 2. The van der Waals surface area contributed by atoms with Gasteiger partial charge in [0.15, 0.2) is 0 Å². The highest BCUT2D eigenvalue weighted by atomic mass is 19.4. The van der Waals surface area contributed by atoms with E-state index < -0.39 is 17.6 Å². The van der Waals surface area contributed by atoms with E-state index in [9.17, 15) is 18.0 Å². The molecule has 8 heteroatoms. The van der Waals surface area contributed by atoms with Gasteiger partial charge in [0, 0.05) is 36.4 Å². The van der Waals surface area contributed by atoms with Crippen molar-refractivity contribution in [1.29, 1.82) is 0 Å². The van der Waals surface area contributed by atoms with Crippen LogP contribution in [-0.2, 0) is 12.7 Å². The lowest BCUT2D eigenvalue weighted by Crippen LogP contribution is -2.14. The maximum absolute atomic E-state index is 12.8. The summed E-state index contributed by atoms with van der Waals surface area (Å²) in [4.78, 5) is 20.4. The monoisotopic (exact) mass is 372 g/mol. The lowest BCUT2D eigenvalue weighted by atomic mass is 10.2. The second kappa shape index (κ2) is 7.86. The minimum Gasteiger partial charge on any atom is -0.366 e. The Morgan fingerprint density at radius 3 is 2.52 bits per heavy atom. The summed E-state index contributed by atoms with van der Waals surface area (Å²) >= 11 is 0. The van der Waals surface area contributed by atoms with Gasteiger partial charge in [-0.2, -0.15) is 13.2 Å². The van der Waals surface area contributed by atoms with E-state index in [0.717, 1.165) is 17.7 Å². The van der Waals surface area contributed by atoms with Crippen LogP contribution in [0.4, 0.5) is 24.7 Å². The van der Waals surface area contributed by atoms with Crippen LogP contribution < -0.4 is 10.6 Å². The molecule has 2 N–H and O–H groups in total. The van der Waals surface area contributed by atoms with Gasteiger partial charge in [-0.05, 0) is 48.0 Å². The standard InChI is InChI=1S/C19H15F3N4O/c20-19(21,22)15-2-1-3-16(11-15)26-18(27)14-6-9-24-17(10-14)25-12-13-4-7-23-8-5-13/h1-11H,12H2,(H,24,25)(H,26,27). The topological polar surface area (TPSA) is 66.9 Å². The highest BCUT2D eigenvalue weighted by molar-refractivity contribution is 6.04. The molecule has 5 nitrogen and oxygen atoms in total. The Hall–Kier alpha value is -3.42. The van der Waals surface area contributed by atoms with Crippen molar-refractivity contribution in [1.82, 2.24) is 9.97 Å². The van der Waals surface area contributed by atoms with Gasteiger partial charge in [-0.1, -0.05) is 6.07 Å². The number of benzene rings is 1. The van der Waals surface area contributed by atoms with E-state index in [0.29, 0.717) is 12.4 Å². The second-order valence-electron chi connectivity index (χ2n) is 5.67. The number of alkyl halides is 3. The van der Waals surface area contributed by atoms with Crippen LogP contribution in [0.3, 0.4) is 0 Å². The zero-order chi connectivity index (χ0) is 19.3. The summed E-state index contributed by atoms with van der Waals surface area (Å²) in [6.07, 6.45) is 0.324. The number of rotatable bonds is 5. The number of pyridine rings is 2. The first kappa shape index (κ1) is 18.4. The molecule has 2 heterocycles. The molecular weight excluding hydrogens is 357 g/mol. The number of carbonyl (C=O) groups excluding carboxylic acids is 1. The maximum atomic E-state index is 12.8. The molecule has 0 radical (unpaired) electrons. The molecule has 2 aromatic heterocycles. The minimum atomic E-state index is -4.47. The number of halogens is 3. The molecule has 0 saturated heterocycles. The van der Waals surface area contributed by atoms with Crippen molar-refractivity contribution in [3.63, 3.8) is 0 Å². The van der Waals surface area contributed by atoms with Crippen LogP contribution in [0.1, 0.15) is 21.5 Å². The first-order valence-electron chi connectivity index (χ1n) is 7.99. The molecule has 27 heavy (non-hydrogen) atoms. The number of amides is 1. The Balaban J connectivity index is 1.68. The fraction of sp³-hybridized carbons (Fsp3) is 0.105. The summed E-state index contributed by atoms with van der Waals surface area (Å²) in [5, 5.41) is 5.55. The van der Waals surface area contributed by atoms with Crippen LogP contribution >= 0.6 is 0 Å². The third-order valence-electron chi connectivity index (χ3n) is 3.69. The van der Waals surface area contributed by atoms with Gasteiger partial charge >= 0.3 is 6.18 Å². The van der Waals surface area contributed by atoms with Crippen molar-refractivity contribution in [2.45, 2.75) is 12.7 Å². The average molecular weight is 372 g/mol. The molecule has 1 aromatic carbocycles. The molecule has 0 aliphatic carbocycles. The number of aromatic nitrogens is 2. The van der Waals surface area contributed by atoms with Gasteiger partial charge < -0.3 is 10.6 Å². The molecule has 0 spiro atoms. The molecule has 138 valence electrons. The zero-order valence-corrected chi connectivity index (χ0v) is 14.0. The molecule has 0 aliphatic rings. The number of hydrogen-bond donors (Lipinski definition) is 2. The SMILES string of the molecule is O=C(Nc1cccc(C(F)(F)F)c1)c1ccnc(NCc2ccncc2)c1. The number of hydrogen-bond acceptors (Lipinski definition) is 4. The molecule has 0 saturated carbocycles. The van der Waals surface area contributed by atoms with Gasteiger partial charge in [-0.3, -0.25) is 9.78 Å². The second-order valence-corrected chi connectivity index (χ2v) is 5.67. The Morgan fingerprint density at radius 1 is 1.00 bits per heavy atom. The minimum absolute atomic E-state index is 0.0675. The molecule has 3 aromatic rings. The van der Waals surface area contributed by atoms with Crippen LogP contribution in [0.5, 0.6) is 0 Å². The smallest absolute Gasteiger partial charge is 0.366 e. The number of carbonyl (C=O) groups is 1. The normalized spacial score (nSPS) is 11.1. The van der Waals surface area contributed by atoms with Crippen molar-refractivity contribution >= 4 is 17.4 Å². The summed E-state index contributed by atoms with van der Waals surface area (Å²) < 4.78 is 38.3. The zero-order valence-electron chi connectivity index (χ0n) is 14.0. The highest BCUT2D eigenvalue weighted by Crippen LogP contribution is 2.30. The molecule has 0 aliphatic heterocycles. The van der Waals surface area contributed by atoms with Gasteiger partial charge in [0.05, 0.1) is 5.56 Å². The molecule has 3 rings (SSSR count). The van der Waals surface area contributed by atoms with Crippen molar-refractivity contribution in [2.75, 3.05) is 10.6 Å². The van der Waals surface area contributed by atoms with E-state index in [-0.39, 0.29) is 11.3 Å². The van der Waals surface area contributed by atoms with Crippen LogP contribution in [-0.4, -0.2) is 15.9 Å². The van der Waals surface area contributed by atoms with E-state index in [1.165, 1.54) is 30.5 Å². The summed E-state index contributed by atoms with van der Waals surface area (Å²) in [7, 11) is 0. The molecule has 0 unspecified atom stereocenters. The largest absolute Gasteiger partial charge is 0.416 e. The van der Waals surface area contributed by atoms with E-state index in [1.807, 2.05) is 12.1 Å². The third-order valence-corrected chi connectivity index (χ3v) is 3.69. The van der Waals surface area contributed by atoms with E-state index in [1.54, 1.807) is 12.4 Å². The quantitative estimate of drug-likeness (QED) is 0.698. The van der Waals surface area contributed by atoms with E-state index in [4.69, 9.17) is 0 Å². The van der Waals surface area contributed by atoms with Gasteiger partial charge in [0.1, 0.15) is 5.82 Å². The Bertz CT molecular complexity index is 929. The highest BCUT2D eigenvalue weighted by Gasteiger charge is 2.30. The summed E-state index contributed by atoms with van der Waals surface area (Å²) in [5.74, 6) is -0.0489.